The third-order valence-electron chi connectivity index (χ3n) is 3.96. The van der Waals surface area contributed by atoms with Crippen LogP contribution in [0.25, 0.3) is 0 Å². The van der Waals surface area contributed by atoms with Crippen molar-refractivity contribution in [3.8, 4) is 0 Å². The fourth-order valence-electron chi connectivity index (χ4n) is 2.38. The molecule has 0 spiro atoms. The molecule has 1 aliphatic rings. The summed E-state index contributed by atoms with van der Waals surface area (Å²) in [7, 11) is -0.221. The average Bonchev–Trinajstić information content (AvgIpc) is 2.86. The fourth-order valence-corrected chi connectivity index (χ4v) is 4.02. The topological polar surface area (TPSA) is 21.6 Å². The number of rotatable bonds is 2. The van der Waals surface area contributed by atoms with E-state index in [1.54, 1.807) is 0 Å². The predicted octanol–water partition coefficient (Wildman–Crippen LogP) is 4.74. The van der Waals surface area contributed by atoms with Gasteiger partial charge in [0.1, 0.15) is 12.6 Å². The lowest BCUT2D eigenvalue weighted by molar-refractivity contribution is 0.283. The molecule has 0 aromatic heterocycles. The van der Waals surface area contributed by atoms with E-state index in [1.165, 1.54) is 10.9 Å². The monoisotopic (exact) mass is 305 g/mol. The summed E-state index contributed by atoms with van der Waals surface area (Å²) in [4.78, 5) is 4.86. The van der Waals surface area contributed by atoms with E-state index in [0.29, 0.717) is 11.8 Å². The minimum atomic E-state index is -0.221. The Bertz CT molecular complexity index is 537. The summed E-state index contributed by atoms with van der Waals surface area (Å²) in [5, 5.41) is 1.77. The van der Waals surface area contributed by atoms with Crippen molar-refractivity contribution < 1.29 is 4.74 Å². The van der Waals surface area contributed by atoms with E-state index in [0.717, 1.165) is 5.90 Å². The Morgan fingerprint density at radius 3 is 2.24 bits per heavy atom. The van der Waals surface area contributed by atoms with Crippen molar-refractivity contribution in [3.05, 3.63) is 29.8 Å². The molecule has 2 nitrogen and oxygen atoms in total. The first-order valence-electron chi connectivity index (χ1n) is 7.64. The van der Waals surface area contributed by atoms with Gasteiger partial charge < -0.3 is 4.74 Å². The largest absolute Gasteiger partial charge is 0.478 e. The van der Waals surface area contributed by atoms with Crippen LogP contribution >= 0.6 is 7.92 Å². The van der Waals surface area contributed by atoms with Gasteiger partial charge in [0, 0.05) is 5.41 Å². The van der Waals surface area contributed by atoms with Gasteiger partial charge in [0.25, 0.3) is 0 Å². The molecule has 3 heteroatoms. The van der Waals surface area contributed by atoms with E-state index in [-0.39, 0.29) is 19.4 Å². The van der Waals surface area contributed by atoms with Crippen molar-refractivity contribution in [1.29, 1.82) is 0 Å². The third kappa shape index (κ3) is 3.66. The molecule has 0 fully saturated rings. The minimum Gasteiger partial charge on any atom is -0.478 e. The minimum absolute atomic E-state index is 0.00926. The second kappa shape index (κ2) is 5.72. The molecule has 0 radical (unpaired) electrons. The molecule has 0 aliphatic carbocycles. The number of benzene rings is 1. The quantitative estimate of drug-likeness (QED) is 0.723. The van der Waals surface area contributed by atoms with Crippen LogP contribution in [-0.2, 0) is 4.74 Å². The Balaban J connectivity index is 2.37. The molecule has 0 N–H and O–H groups in total. The third-order valence-corrected chi connectivity index (χ3v) is 7.10. The van der Waals surface area contributed by atoms with Crippen molar-refractivity contribution in [1.82, 2.24) is 0 Å². The molecule has 2 rings (SSSR count). The number of hydrogen-bond acceptors (Lipinski definition) is 2. The molecular weight excluding hydrogens is 277 g/mol. The van der Waals surface area contributed by atoms with E-state index in [2.05, 4.69) is 72.5 Å². The first kappa shape index (κ1) is 16.5. The van der Waals surface area contributed by atoms with Crippen LogP contribution in [0, 0.1) is 5.41 Å². The lowest BCUT2D eigenvalue weighted by Crippen LogP contribution is -2.22. The van der Waals surface area contributed by atoms with Crippen LogP contribution < -0.4 is 5.30 Å². The number of aliphatic imine (C=N–C) groups is 1. The van der Waals surface area contributed by atoms with E-state index < -0.39 is 0 Å². The van der Waals surface area contributed by atoms with Gasteiger partial charge in [0.2, 0.25) is 0 Å². The maximum atomic E-state index is 5.86. The van der Waals surface area contributed by atoms with Crippen LogP contribution in [-0.4, -0.2) is 24.3 Å². The summed E-state index contributed by atoms with van der Waals surface area (Å²) >= 11 is 0. The van der Waals surface area contributed by atoms with Gasteiger partial charge in [-0.25, -0.2) is 4.99 Å². The SMILES string of the molecule is C[P@](c1ccccc1[C@H]1COC(C(C)(C)C)=N1)C(C)(C)C. The maximum Gasteiger partial charge on any atom is 0.189 e. The van der Waals surface area contributed by atoms with Gasteiger partial charge in [-0.15, -0.1) is 0 Å². The molecule has 0 saturated heterocycles. The second-order valence-electron chi connectivity index (χ2n) is 7.80. The Kier molecular flexibility index (Phi) is 4.49. The summed E-state index contributed by atoms with van der Waals surface area (Å²) in [5.41, 5.74) is 1.34. The molecule has 1 heterocycles. The first-order chi connectivity index (χ1) is 9.60. The van der Waals surface area contributed by atoms with Gasteiger partial charge in [0.05, 0.1) is 0 Å². The molecule has 1 aromatic carbocycles. The van der Waals surface area contributed by atoms with Crippen LogP contribution in [0.5, 0.6) is 0 Å². The van der Waals surface area contributed by atoms with Crippen molar-refractivity contribution in [3.63, 3.8) is 0 Å². The van der Waals surface area contributed by atoms with Crippen molar-refractivity contribution in [2.45, 2.75) is 52.7 Å². The smallest absolute Gasteiger partial charge is 0.189 e. The highest BCUT2D eigenvalue weighted by Gasteiger charge is 2.32. The highest BCUT2D eigenvalue weighted by molar-refractivity contribution is 7.66. The van der Waals surface area contributed by atoms with Gasteiger partial charge in [0.15, 0.2) is 5.90 Å². The lowest BCUT2D eigenvalue weighted by atomic mass is 9.97. The molecule has 2 atom stereocenters. The normalized spacial score (nSPS) is 20.9. The summed E-state index contributed by atoms with van der Waals surface area (Å²) in [6.45, 7) is 16.5. The van der Waals surface area contributed by atoms with Gasteiger partial charge in [-0.3, -0.25) is 0 Å². The zero-order valence-corrected chi connectivity index (χ0v) is 15.3. The summed E-state index contributed by atoms with van der Waals surface area (Å²) in [6.07, 6.45) is 0. The summed E-state index contributed by atoms with van der Waals surface area (Å²) in [5.74, 6) is 0.887. The van der Waals surface area contributed by atoms with Crippen LogP contribution in [0.2, 0.25) is 0 Å². The Morgan fingerprint density at radius 2 is 1.71 bits per heavy atom. The van der Waals surface area contributed by atoms with Crippen molar-refractivity contribution >= 4 is 19.1 Å². The van der Waals surface area contributed by atoms with Crippen molar-refractivity contribution in [2.75, 3.05) is 13.3 Å². The van der Waals surface area contributed by atoms with Gasteiger partial charge >= 0.3 is 0 Å². The van der Waals surface area contributed by atoms with E-state index >= 15 is 0 Å². The molecule has 1 aromatic rings. The summed E-state index contributed by atoms with van der Waals surface area (Å²) in [6, 6.07) is 8.92. The lowest BCUT2D eigenvalue weighted by Gasteiger charge is -2.30. The fraction of sp³-hybridized carbons (Fsp3) is 0.611. The maximum absolute atomic E-state index is 5.86. The van der Waals surface area contributed by atoms with Gasteiger partial charge in [-0.05, 0) is 22.7 Å². The number of nitrogens with zero attached hydrogens (tertiary/aromatic N) is 1. The van der Waals surface area contributed by atoms with Crippen molar-refractivity contribution in [2.24, 2.45) is 10.4 Å². The average molecular weight is 305 g/mol. The van der Waals surface area contributed by atoms with Crippen LogP contribution in [0.3, 0.4) is 0 Å². The molecule has 0 amide bonds. The van der Waals surface area contributed by atoms with Crippen LogP contribution in [0.15, 0.2) is 29.3 Å². The zero-order chi connectivity index (χ0) is 15.8. The molecule has 0 bridgehead atoms. The van der Waals surface area contributed by atoms with Crippen LogP contribution in [0.4, 0.5) is 0 Å². The second-order valence-corrected chi connectivity index (χ2v) is 10.7. The Labute approximate surface area is 130 Å². The zero-order valence-electron chi connectivity index (χ0n) is 14.4. The molecule has 0 saturated carbocycles. The Morgan fingerprint density at radius 1 is 1.10 bits per heavy atom. The first-order valence-corrected chi connectivity index (χ1v) is 9.43. The van der Waals surface area contributed by atoms with Gasteiger partial charge in [-0.1, -0.05) is 73.7 Å². The standard InChI is InChI=1S/C18H28NOP/c1-17(2,3)16-19-14(12-20-16)13-10-8-9-11-15(13)21(7)18(4,5)6/h8-11,14H,12H2,1-7H3/t14-,21-/m1/s1. The predicted molar refractivity (Wildman–Crippen MR) is 94.3 cm³/mol. The highest BCUT2D eigenvalue weighted by atomic mass is 31.1. The molecule has 0 unspecified atom stereocenters. The van der Waals surface area contributed by atoms with Gasteiger partial charge in [-0.2, -0.15) is 0 Å². The summed E-state index contributed by atoms with van der Waals surface area (Å²) < 4.78 is 5.86. The van der Waals surface area contributed by atoms with E-state index in [4.69, 9.17) is 9.73 Å². The van der Waals surface area contributed by atoms with Crippen LogP contribution in [0.1, 0.15) is 53.1 Å². The molecular formula is C18H28NOP. The highest BCUT2D eigenvalue weighted by Crippen LogP contribution is 2.46. The molecule has 21 heavy (non-hydrogen) atoms. The molecule has 1 aliphatic heterocycles. The Hall–Kier alpha value is -0.880. The van der Waals surface area contributed by atoms with E-state index in [1.807, 2.05) is 0 Å². The number of hydrogen-bond donors (Lipinski definition) is 0. The number of ether oxygens (including phenoxy) is 1. The van der Waals surface area contributed by atoms with E-state index in [9.17, 15) is 0 Å². The molecule has 116 valence electrons.